The molecule has 0 bridgehead atoms. The van der Waals surface area contributed by atoms with E-state index in [1.165, 1.54) is 27.8 Å². The average Bonchev–Trinajstić information content (AvgIpc) is 2.82. The van der Waals surface area contributed by atoms with Crippen LogP contribution in [0.1, 0.15) is 16.7 Å². The molecule has 98 valence electrons. The molecule has 2 N–H and O–H groups in total. The van der Waals surface area contributed by atoms with Crippen LogP contribution < -0.4 is 10.5 Å². The van der Waals surface area contributed by atoms with E-state index in [9.17, 15) is 0 Å². The summed E-state index contributed by atoms with van der Waals surface area (Å²) in [5.41, 5.74) is 12.1. The molecule has 0 unspecified atom stereocenters. The largest absolute Gasteiger partial charge is 0.488 e. The molecule has 0 aliphatic carbocycles. The second-order valence-electron chi connectivity index (χ2n) is 5.24. The summed E-state index contributed by atoms with van der Waals surface area (Å²) in [7, 11) is 0. The van der Waals surface area contributed by atoms with Gasteiger partial charge in [0.1, 0.15) is 11.9 Å². The smallest absolute Gasteiger partial charge is 0.130 e. The molecular weight excluding hydrogens is 234 g/mol. The fraction of sp³-hybridized carbons (Fsp3) is 0.294. The SMILES string of the molecule is Cc1cccc(C)c1-c1cccc2c1O[C@@H](CN)C2. The van der Waals surface area contributed by atoms with Crippen LogP contribution in [-0.2, 0) is 6.42 Å². The van der Waals surface area contributed by atoms with Gasteiger partial charge in [0, 0.05) is 18.5 Å². The van der Waals surface area contributed by atoms with Crippen molar-refractivity contribution in [2.45, 2.75) is 26.4 Å². The summed E-state index contributed by atoms with van der Waals surface area (Å²) in [5, 5.41) is 0. The third-order valence-electron chi connectivity index (χ3n) is 3.84. The molecule has 19 heavy (non-hydrogen) atoms. The molecule has 1 aliphatic heterocycles. The molecule has 0 saturated carbocycles. The quantitative estimate of drug-likeness (QED) is 0.891. The van der Waals surface area contributed by atoms with Crippen LogP contribution in [-0.4, -0.2) is 12.6 Å². The predicted molar refractivity (Wildman–Crippen MR) is 78.5 cm³/mol. The number of nitrogens with two attached hydrogens (primary N) is 1. The normalized spacial score (nSPS) is 17.1. The standard InChI is InChI=1S/C17H19NO/c1-11-5-3-6-12(2)16(11)15-8-4-7-13-9-14(10-18)19-17(13)15/h3-8,14H,9-10,18H2,1-2H3/t14-/m1/s1. The Kier molecular flexibility index (Phi) is 3.03. The molecule has 2 nitrogen and oxygen atoms in total. The van der Waals surface area contributed by atoms with Crippen molar-refractivity contribution in [3.63, 3.8) is 0 Å². The first-order valence-electron chi connectivity index (χ1n) is 6.76. The molecule has 0 radical (unpaired) electrons. The second-order valence-corrected chi connectivity index (χ2v) is 5.24. The highest BCUT2D eigenvalue weighted by atomic mass is 16.5. The van der Waals surface area contributed by atoms with Crippen molar-refractivity contribution in [3.05, 3.63) is 53.1 Å². The van der Waals surface area contributed by atoms with Gasteiger partial charge in [0.25, 0.3) is 0 Å². The number of rotatable bonds is 2. The third-order valence-corrected chi connectivity index (χ3v) is 3.84. The van der Waals surface area contributed by atoms with Crippen molar-refractivity contribution in [2.24, 2.45) is 5.73 Å². The molecule has 2 heteroatoms. The van der Waals surface area contributed by atoms with E-state index in [1.807, 2.05) is 0 Å². The Balaban J connectivity index is 2.16. The fourth-order valence-corrected chi connectivity index (χ4v) is 2.91. The molecule has 3 rings (SSSR count). The van der Waals surface area contributed by atoms with Crippen molar-refractivity contribution in [2.75, 3.05) is 6.54 Å². The number of ether oxygens (including phenoxy) is 1. The molecule has 1 heterocycles. The van der Waals surface area contributed by atoms with E-state index in [4.69, 9.17) is 10.5 Å². The highest BCUT2D eigenvalue weighted by molar-refractivity contribution is 5.78. The minimum absolute atomic E-state index is 0.125. The summed E-state index contributed by atoms with van der Waals surface area (Å²) >= 11 is 0. The van der Waals surface area contributed by atoms with Gasteiger partial charge in [-0.25, -0.2) is 0 Å². The number of fused-ring (bicyclic) bond motifs is 1. The Labute approximate surface area is 114 Å². The lowest BCUT2D eigenvalue weighted by Gasteiger charge is -2.14. The molecular formula is C17H19NO. The topological polar surface area (TPSA) is 35.2 Å². The molecule has 0 fully saturated rings. The van der Waals surface area contributed by atoms with E-state index in [0.29, 0.717) is 6.54 Å². The van der Waals surface area contributed by atoms with E-state index in [-0.39, 0.29) is 6.10 Å². The summed E-state index contributed by atoms with van der Waals surface area (Å²) in [4.78, 5) is 0. The zero-order valence-corrected chi connectivity index (χ0v) is 11.4. The fourth-order valence-electron chi connectivity index (χ4n) is 2.91. The molecule has 2 aromatic carbocycles. The molecule has 1 atom stereocenters. The van der Waals surface area contributed by atoms with Crippen LogP contribution in [0.15, 0.2) is 36.4 Å². The van der Waals surface area contributed by atoms with Gasteiger partial charge in [-0.1, -0.05) is 36.4 Å². The van der Waals surface area contributed by atoms with E-state index < -0.39 is 0 Å². The van der Waals surface area contributed by atoms with Crippen molar-refractivity contribution in [1.29, 1.82) is 0 Å². The maximum absolute atomic E-state index is 6.03. The number of benzene rings is 2. The lowest BCUT2D eigenvalue weighted by Crippen LogP contribution is -2.24. The van der Waals surface area contributed by atoms with Crippen LogP contribution in [0.2, 0.25) is 0 Å². The lowest BCUT2D eigenvalue weighted by molar-refractivity contribution is 0.242. The van der Waals surface area contributed by atoms with Crippen LogP contribution in [0.3, 0.4) is 0 Å². The van der Waals surface area contributed by atoms with Gasteiger partial charge < -0.3 is 10.5 Å². The van der Waals surface area contributed by atoms with E-state index in [0.717, 1.165) is 12.2 Å². The third kappa shape index (κ3) is 2.02. The highest BCUT2D eigenvalue weighted by Gasteiger charge is 2.25. The van der Waals surface area contributed by atoms with Crippen molar-refractivity contribution < 1.29 is 4.74 Å². The second kappa shape index (κ2) is 4.71. The van der Waals surface area contributed by atoms with Gasteiger partial charge in [-0.3, -0.25) is 0 Å². The van der Waals surface area contributed by atoms with Crippen LogP contribution in [0, 0.1) is 13.8 Å². The molecule has 0 amide bonds. The van der Waals surface area contributed by atoms with Gasteiger partial charge in [-0.05, 0) is 36.1 Å². The van der Waals surface area contributed by atoms with Crippen LogP contribution in [0.4, 0.5) is 0 Å². The van der Waals surface area contributed by atoms with Gasteiger partial charge in [0.05, 0.1) is 0 Å². The summed E-state index contributed by atoms with van der Waals surface area (Å²) in [6.45, 7) is 4.87. The zero-order chi connectivity index (χ0) is 13.4. The van der Waals surface area contributed by atoms with Crippen LogP contribution >= 0.6 is 0 Å². The number of aryl methyl sites for hydroxylation is 2. The summed E-state index contributed by atoms with van der Waals surface area (Å²) in [6.07, 6.45) is 1.05. The first-order chi connectivity index (χ1) is 9.20. The predicted octanol–water partition coefficient (Wildman–Crippen LogP) is 3.23. The lowest BCUT2D eigenvalue weighted by atomic mass is 9.93. The van der Waals surface area contributed by atoms with E-state index in [2.05, 4.69) is 50.2 Å². The summed E-state index contributed by atoms with van der Waals surface area (Å²) < 4.78 is 6.03. The van der Waals surface area contributed by atoms with Gasteiger partial charge in [-0.2, -0.15) is 0 Å². The van der Waals surface area contributed by atoms with Crippen molar-refractivity contribution >= 4 is 0 Å². The van der Waals surface area contributed by atoms with Gasteiger partial charge in [-0.15, -0.1) is 0 Å². The van der Waals surface area contributed by atoms with Crippen molar-refractivity contribution in [3.8, 4) is 16.9 Å². The Morgan fingerprint density at radius 3 is 2.47 bits per heavy atom. The maximum Gasteiger partial charge on any atom is 0.130 e. The van der Waals surface area contributed by atoms with Crippen LogP contribution in [0.25, 0.3) is 11.1 Å². The average molecular weight is 253 g/mol. The minimum Gasteiger partial charge on any atom is -0.488 e. The number of hydrogen-bond acceptors (Lipinski definition) is 2. The molecule has 0 saturated heterocycles. The van der Waals surface area contributed by atoms with E-state index >= 15 is 0 Å². The summed E-state index contributed by atoms with van der Waals surface area (Å²) in [6, 6.07) is 12.8. The van der Waals surface area contributed by atoms with Gasteiger partial charge in [0.2, 0.25) is 0 Å². The molecule has 0 spiro atoms. The Bertz CT molecular complexity index is 598. The van der Waals surface area contributed by atoms with E-state index in [1.54, 1.807) is 0 Å². The molecule has 0 aromatic heterocycles. The zero-order valence-electron chi connectivity index (χ0n) is 11.4. The Morgan fingerprint density at radius 1 is 1.11 bits per heavy atom. The van der Waals surface area contributed by atoms with Crippen LogP contribution in [0.5, 0.6) is 5.75 Å². The monoisotopic (exact) mass is 253 g/mol. The maximum atomic E-state index is 6.03. The van der Waals surface area contributed by atoms with Gasteiger partial charge >= 0.3 is 0 Å². The van der Waals surface area contributed by atoms with Gasteiger partial charge in [0.15, 0.2) is 0 Å². The number of para-hydroxylation sites is 1. The Morgan fingerprint density at radius 2 is 1.79 bits per heavy atom. The first-order valence-corrected chi connectivity index (χ1v) is 6.76. The summed E-state index contributed by atoms with van der Waals surface area (Å²) in [5.74, 6) is 1.02. The molecule has 1 aliphatic rings. The number of hydrogen-bond donors (Lipinski definition) is 1. The minimum atomic E-state index is 0.125. The molecule has 2 aromatic rings. The Hall–Kier alpha value is -1.80. The first kappa shape index (κ1) is 12.2. The highest BCUT2D eigenvalue weighted by Crippen LogP contribution is 2.40. The van der Waals surface area contributed by atoms with Crippen molar-refractivity contribution in [1.82, 2.24) is 0 Å².